The van der Waals surface area contributed by atoms with Gasteiger partial charge in [-0.25, -0.2) is 9.97 Å². The van der Waals surface area contributed by atoms with E-state index in [1.54, 1.807) is 4.90 Å². The van der Waals surface area contributed by atoms with Crippen molar-refractivity contribution in [3.63, 3.8) is 0 Å². The Bertz CT molecular complexity index is 1030. The minimum Gasteiger partial charge on any atom is -0.406 e. The molecule has 1 aromatic carbocycles. The average molecular weight is 512 g/mol. The van der Waals surface area contributed by atoms with E-state index < -0.39 is 18.2 Å². The number of rotatable bonds is 8. The topological polar surface area (TPSA) is 103 Å². The first-order valence-electron chi connectivity index (χ1n) is 11.9. The molecule has 12 heteroatoms. The van der Waals surface area contributed by atoms with Gasteiger partial charge < -0.3 is 25.4 Å². The van der Waals surface area contributed by atoms with Crippen molar-refractivity contribution in [2.45, 2.75) is 44.5 Å². The molecule has 1 atom stereocenters. The first-order chi connectivity index (χ1) is 17.2. The first-order valence-corrected chi connectivity index (χ1v) is 11.9. The van der Waals surface area contributed by atoms with Crippen LogP contribution in [0, 0.1) is 17.7 Å². The fraction of sp³-hybridized carbons (Fsp3) is 0.542. The summed E-state index contributed by atoms with van der Waals surface area (Å²) < 4.78 is 62.4. The van der Waals surface area contributed by atoms with Crippen molar-refractivity contribution in [2.75, 3.05) is 36.5 Å². The highest BCUT2D eigenvalue weighted by Crippen LogP contribution is 2.34. The summed E-state index contributed by atoms with van der Waals surface area (Å²) in [7, 11) is 0. The van der Waals surface area contributed by atoms with Crippen molar-refractivity contribution >= 4 is 17.5 Å². The third-order valence-electron chi connectivity index (χ3n) is 6.68. The standard InChI is InChI=1S/C24H29F4N5O3/c25-21-22(30-12-16-3-1-15(2-4-16)11-20(29)34)31-14-32-23(21)33-9-10-35-13-19(33)17-5-7-18(8-6-17)36-24(26,27)28/h5-8,14-16,19H,1-4,9-13H2,(H2,29,34)(H,30,31,32)/t15?,16?,19-/m1/s1. The van der Waals surface area contributed by atoms with Gasteiger partial charge in [0, 0.05) is 19.5 Å². The molecule has 1 aliphatic carbocycles. The molecular weight excluding hydrogens is 482 g/mol. The summed E-state index contributed by atoms with van der Waals surface area (Å²) in [6, 6.07) is 4.99. The molecule has 4 rings (SSSR count). The van der Waals surface area contributed by atoms with Crippen LogP contribution in [-0.2, 0) is 9.53 Å². The van der Waals surface area contributed by atoms with Crippen LogP contribution in [0.3, 0.4) is 0 Å². The maximum atomic E-state index is 15.5. The van der Waals surface area contributed by atoms with Crippen LogP contribution < -0.4 is 20.7 Å². The SMILES string of the molecule is NC(=O)CC1CCC(CNc2ncnc(N3CCOC[C@@H]3c3ccc(OC(F)(F)F)cc3)c2F)CC1. The number of ether oxygens (including phenoxy) is 2. The van der Waals surface area contributed by atoms with Crippen molar-refractivity contribution < 1.29 is 31.8 Å². The number of nitrogens with zero attached hydrogens (tertiary/aromatic N) is 3. The number of morpholine rings is 1. The predicted molar refractivity (Wildman–Crippen MR) is 124 cm³/mol. The number of aromatic nitrogens is 2. The number of amides is 1. The summed E-state index contributed by atoms with van der Waals surface area (Å²) >= 11 is 0. The number of carbonyl (C=O) groups is 1. The second kappa shape index (κ2) is 11.3. The molecule has 3 N–H and O–H groups in total. The van der Waals surface area contributed by atoms with E-state index in [0.29, 0.717) is 43.5 Å². The van der Waals surface area contributed by atoms with Gasteiger partial charge in [0.1, 0.15) is 12.1 Å². The molecule has 2 aromatic rings. The lowest BCUT2D eigenvalue weighted by Crippen LogP contribution is -2.40. The van der Waals surface area contributed by atoms with Gasteiger partial charge in [-0.05, 0) is 55.2 Å². The lowest BCUT2D eigenvalue weighted by Gasteiger charge is -2.37. The fourth-order valence-corrected chi connectivity index (χ4v) is 4.87. The van der Waals surface area contributed by atoms with Crippen molar-refractivity contribution in [1.29, 1.82) is 0 Å². The van der Waals surface area contributed by atoms with E-state index in [1.165, 1.54) is 30.6 Å². The van der Waals surface area contributed by atoms with E-state index in [0.717, 1.165) is 25.7 Å². The number of hydrogen-bond acceptors (Lipinski definition) is 7. The summed E-state index contributed by atoms with van der Waals surface area (Å²) in [5.41, 5.74) is 5.94. The number of halogens is 4. The molecule has 1 aromatic heterocycles. The molecule has 2 aliphatic rings. The van der Waals surface area contributed by atoms with Crippen LogP contribution in [0.1, 0.15) is 43.7 Å². The average Bonchev–Trinajstić information content (AvgIpc) is 2.84. The van der Waals surface area contributed by atoms with Crippen LogP contribution >= 0.6 is 0 Å². The number of hydrogen-bond donors (Lipinski definition) is 2. The van der Waals surface area contributed by atoms with E-state index in [9.17, 15) is 18.0 Å². The van der Waals surface area contributed by atoms with Crippen molar-refractivity contribution in [3.8, 4) is 5.75 Å². The maximum absolute atomic E-state index is 15.5. The number of benzene rings is 1. The largest absolute Gasteiger partial charge is 0.573 e. The number of alkyl halides is 3. The van der Waals surface area contributed by atoms with Gasteiger partial charge in [0.15, 0.2) is 11.6 Å². The molecule has 1 amide bonds. The zero-order chi connectivity index (χ0) is 25.7. The van der Waals surface area contributed by atoms with Gasteiger partial charge in [0.05, 0.1) is 19.3 Å². The molecule has 0 radical (unpaired) electrons. The Morgan fingerprint density at radius 2 is 1.83 bits per heavy atom. The first kappa shape index (κ1) is 25.9. The molecule has 36 heavy (non-hydrogen) atoms. The van der Waals surface area contributed by atoms with Crippen molar-refractivity contribution in [2.24, 2.45) is 17.6 Å². The number of primary amides is 1. The second-order valence-electron chi connectivity index (χ2n) is 9.20. The van der Waals surface area contributed by atoms with Gasteiger partial charge >= 0.3 is 6.36 Å². The molecule has 0 unspecified atom stereocenters. The third kappa shape index (κ3) is 6.74. The van der Waals surface area contributed by atoms with Crippen LogP contribution in [0.2, 0.25) is 0 Å². The summed E-state index contributed by atoms with van der Waals surface area (Å²) in [5, 5.41) is 3.10. The van der Waals surface area contributed by atoms with E-state index >= 15 is 4.39 Å². The normalized spacial score (nSPS) is 22.8. The predicted octanol–water partition coefficient (Wildman–Crippen LogP) is 4.19. The quantitative estimate of drug-likeness (QED) is 0.513. The molecule has 0 bridgehead atoms. The third-order valence-corrected chi connectivity index (χ3v) is 6.68. The van der Waals surface area contributed by atoms with Crippen LogP contribution in [0.4, 0.5) is 29.2 Å². The second-order valence-corrected chi connectivity index (χ2v) is 9.20. The van der Waals surface area contributed by atoms with E-state index in [-0.39, 0.29) is 29.9 Å². The number of nitrogens with one attached hydrogen (secondary N) is 1. The van der Waals surface area contributed by atoms with Gasteiger partial charge in [-0.1, -0.05) is 12.1 Å². The van der Waals surface area contributed by atoms with E-state index in [4.69, 9.17) is 10.5 Å². The zero-order valence-electron chi connectivity index (χ0n) is 19.6. The molecule has 0 spiro atoms. The highest BCUT2D eigenvalue weighted by Gasteiger charge is 2.32. The highest BCUT2D eigenvalue weighted by atomic mass is 19.4. The molecule has 2 heterocycles. The summed E-state index contributed by atoms with van der Waals surface area (Å²) in [6.45, 7) is 1.47. The zero-order valence-corrected chi connectivity index (χ0v) is 19.6. The molecule has 1 aliphatic heterocycles. The highest BCUT2D eigenvalue weighted by molar-refractivity contribution is 5.74. The Hall–Kier alpha value is -3.15. The van der Waals surface area contributed by atoms with Gasteiger partial charge in [0.2, 0.25) is 11.7 Å². The maximum Gasteiger partial charge on any atom is 0.573 e. The van der Waals surface area contributed by atoms with Gasteiger partial charge in [-0.15, -0.1) is 13.2 Å². The number of anilines is 2. The number of carbonyl (C=O) groups excluding carboxylic acids is 1. The van der Waals surface area contributed by atoms with Crippen LogP contribution in [0.25, 0.3) is 0 Å². The minimum atomic E-state index is -4.78. The Morgan fingerprint density at radius 3 is 2.50 bits per heavy atom. The van der Waals surface area contributed by atoms with Crippen molar-refractivity contribution in [3.05, 3.63) is 42.0 Å². The monoisotopic (exact) mass is 511 g/mol. The van der Waals surface area contributed by atoms with Gasteiger partial charge in [0.25, 0.3) is 0 Å². The van der Waals surface area contributed by atoms with Gasteiger partial charge in [-0.2, -0.15) is 4.39 Å². The number of nitrogens with two attached hydrogens (primary N) is 1. The van der Waals surface area contributed by atoms with E-state index in [1.807, 2.05) is 0 Å². The lowest BCUT2D eigenvalue weighted by atomic mass is 9.80. The molecule has 1 saturated heterocycles. The minimum absolute atomic E-state index is 0.0958. The molecule has 2 fully saturated rings. The molecular formula is C24H29F4N5O3. The Balaban J connectivity index is 1.42. The molecule has 1 saturated carbocycles. The smallest absolute Gasteiger partial charge is 0.406 e. The lowest BCUT2D eigenvalue weighted by molar-refractivity contribution is -0.274. The van der Waals surface area contributed by atoms with Gasteiger partial charge in [-0.3, -0.25) is 4.79 Å². The van der Waals surface area contributed by atoms with Crippen LogP contribution in [0.15, 0.2) is 30.6 Å². The summed E-state index contributed by atoms with van der Waals surface area (Å²) in [6.07, 6.45) is 0.580. The Labute approximate surface area is 206 Å². The summed E-state index contributed by atoms with van der Waals surface area (Å²) in [4.78, 5) is 21.1. The van der Waals surface area contributed by atoms with Crippen molar-refractivity contribution in [1.82, 2.24) is 9.97 Å². The summed E-state index contributed by atoms with van der Waals surface area (Å²) in [5.74, 6) is -0.366. The molecule has 196 valence electrons. The molecule has 8 nitrogen and oxygen atoms in total. The Kier molecular flexibility index (Phi) is 8.12. The van der Waals surface area contributed by atoms with E-state index in [2.05, 4.69) is 20.0 Å². The van der Waals surface area contributed by atoms with Crippen LogP contribution in [-0.4, -0.2) is 48.5 Å². The van der Waals surface area contributed by atoms with Crippen LogP contribution in [0.5, 0.6) is 5.75 Å². The Morgan fingerprint density at radius 1 is 1.14 bits per heavy atom. The fourth-order valence-electron chi connectivity index (χ4n) is 4.87.